The summed E-state index contributed by atoms with van der Waals surface area (Å²) in [6.45, 7) is 3.31. The van der Waals surface area contributed by atoms with Crippen LogP contribution in [-0.2, 0) is 11.2 Å². The number of aliphatic hydroxyl groups is 1. The zero-order chi connectivity index (χ0) is 13.4. The molecule has 2 aliphatic rings. The van der Waals surface area contributed by atoms with Crippen molar-refractivity contribution in [1.29, 1.82) is 0 Å². The smallest absolute Gasteiger partial charge is 0.251 e. The van der Waals surface area contributed by atoms with Crippen molar-refractivity contribution in [3.8, 4) is 0 Å². The highest BCUT2D eigenvalue weighted by Crippen LogP contribution is 2.32. The molecule has 19 heavy (non-hydrogen) atoms. The summed E-state index contributed by atoms with van der Waals surface area (Å²) in [7, 11) is 0. The van der Waals surface area contributed by atoms with Gasteiger partial charge in [0, 0.05) is 18.0 Å². The fourth-order valence-electron chi connectivity index (χ4n) is 2.96. The van der Waals surface area contributed by atoms with E-state index in [-0.39, 0.29) is 17.9 Å². The van der Waals surface area contributed by atoms with Gasteiger partial charge in [0.15, 0.2) is 0 Å². The summed E-state index contributed by atoms with van der Waals surface area (Å²) in [5.74, 6) is 0.0889. The Morgan fingerprint density at radius 3 is 3.05 bits per heavy atom. The van der Waals surface area contributed by atoms with Crippen LogP contribution in [-0.4, -0.2) is 30.3 Å². The first-order valence-electron chi connectivity index (χ1n) is 6.86. The van der Waals surface area contributed by atoms with Crippen LogP contribution in [0.4, 0.5) is 0 Å². The first kappa shape index (κ1) is 12.6. The average molecular weight is 261 g/mol. The molecule has 1 aromatic carbocycles. The van der Waals surface area contributed by atoms with E-state index < -0.39 is 6.10 Å². The van der Waals surface area contributed by atoms with Gasteiger partial charge < -0.3 is 15.2 Å². The largest absolute Gasteiger partial charge is 0.388 e. The molecule has 1 fully saturated rings. The highest BCUT2D eigenvalue weighted by atomic mass is 16.5. The van der Waals surface area contributed by atoms with E-state index >= 15 is 0 Å². The lowest BCUT2D eigenvalue weighted by Crippen LogP contribution is -2.32. The zero-order valence-corrected chi connectivity index (χ0v) is 11.1. The first-order valence-corrected chi connectivity index (χ1v) is 6.86. The fourth-order valence-corrected chi connectivity index (χ4v) is 2.96. The van der Waals surface area contributed by atoms with E-state index in [9.17, 15) is 9.90 Å². The molecule has 0 aliphatic carbocycles. The Kier molecular flexibility index (Phi) is 3.29. The molecular weight excluding hydrogens is 242 g/mol. The van der Waals surface area contributed by atoms with Gasteiger partial charge in [-0.2, -0.15) is 0 Å². The van der Waals surface area contributed by atoms with Gasteiger partial charge >= 0.3 is 0 Å². The molecule has 2 heterocycles. The molecule has 1 aromatic rings. The molecule has 1 amide bonds. The molecule has 4 heteroatoms. The van der Waals surface area contributed by atoms with E-state index in [0.717, 1.165) is 24.0 Å². The molecule has 0 bridgehead atoms. The number of aliphatic hydroxyl groups excluding tert-OH is 1. The van der Waals surface area contributed by atoms with Crippen LogP contribution in [0.2, 0.25) is 0 Å². The number of amides is 1. The van der Waals surface area contributed by atoms with Crippen molar-refractivity contribution in [3.63, 3.8) is 0 Å². The molecule has 0 radical (unpaired) electrons. The molecule has 2 N–H and O–H groups in total. The summed E-state index contributed by atoms with van der Waals surface area (Å²) in [5, 5.41) is 13.2. The monoisotopic (exact) mass is 261 g/mol. The Bertz CT molecular complexity index is 500. The molecule has 3 atom stereocenters. The topological polar surface area (TPSA) is 58.6 Å². The maximum atomic E-state index is 11.8. The first-order chi connectivity index (χ1) is 9.15. The number of hydrogen-bond donors (Lipinski definition) is 2. The Labute approximate surface area is 112 Å². The van der Waals surface area contributed by atoms with Gasteiger partial charge in [0.05, 0.1) is 18.8 Å². The Balaban J connectivity index is 1.85. The summed E-state index contributed by atoms with van der Waals surface area (Å²) >= 11 is 0. The van der Waals surface area contributed by atoms with Crippen molar-refractivity contribution in [1.82, 2.24) is 5.32 Å². The van der Waals surface area contributed by atoms with Crippen LogP contribution in [0, 0.1) is 5.92 Å². The molecule has 1 saturated heterocycles. The van der Waals surface area contributed by atoms with Crippen molar-refractivity contribution in [2.24, 2.45) is 5.92 Å². The molecule has 0 saturated carbocycles. The van der Waals surface area contributed by atoms with Gasteiger partial charge in [-0.25, -0.2) is 0 Å². The third kappa shape index (κ3) is 2.38. The number of rotatable bonds is 2. The van der Waals surface area contributed by atoms with Gasteiger partial charge in [0.1, 0.15) is 0 Å². The van der Waals surface area contributed by atoms with Crippen molar-refractivity contribution in [3.05, 3.63) is 34.9 Å². The third-order valence-electron chi connectivity index (χ3n) is 4.08. The standard InChI is InChI=1S/C15H19NO3/c1-9-6-12(8-19-9)14(17)11-3-2-10-4-5-16-15(18)13(10)7-11/h2-3,7,9,12,14,17H,4-6,8H2,1H3,(H,16,18). The van der Waals surface area contributed by atoms with Crippen LogP contribution in [0.25, 0.3) is 0 Å². The summed E-state index contributed by atoms with van der Waals surface area (Å²) in [4.78, 5) is 11.8. The Hall–Kier alpha value is -1.39. The molecular formula is C15H19NO3. The number of carbonyl (C=O) groups excluding carboxylic acids is 1. The predicted octanol–water partition coefficient (Wildman–Crippen LogP) is 1.43. The van der Waals surface area contributed by atoms with Crippen molar-refractivity contribution >= 4 is 5.91 Å². The minimum absolute atomic E-state index is 0.0358. The summed E-state index contributed by atoms with van der Waals surface area (Å²) in [6, 6.07) is 5.73. The van der Waals surface area contributed by atoms with Crippen LogP contribution in [0.5, 0.6) is 0 Å². The normalized spacial score (nSPS) is 27.8. The molecule has 2 aliphatic heterocycles. The second kappa shape index (κ2) is 4.94. The van der Waals surface area contributed by atoms with Gasteiger partial charge in [0.25, 0.3) is 5.91 Å². The zero-order valence-electron chi connectivity index (χ0n) is 11.1. The highest BCUT2D eigenvalue weighted by molar-refractivity contribution is 5.96. The number of fused-ring (bicyclic) bond motifs is 1. The Morgan fingerprint density at radius 2 is 2.32 bits per heavy atom. The number of benzene rings is 1. The van der Waals surface area contributed by atoms with E-state index in [1.807, 2.05) is 25.1 Å². The Morgan fingerprint density at radius 1 is 1.47 bits per heavy atom. The summed E-state index contributed by atoms with van der Waals surface area (Å²) < 4.78 is 5.50. The van der Waals surface area contributed by atoms with Crippen LogP contribution in [0.15, 0.2) is 18.2 Å². The molecule has 3 unspecified atom stereocenters. The number of carbonyl (C=O) groups is 1. The minimum atomic E-state index is -0.551. The number of ether oxygens (including phenoxy) is 1. The van der Waals surface area contributed by atoms with E-state index in [1.54, 1.807) is 0 Å². The number of hydrogen-bond acceptors (Lipinski definition) is 3. The average Bonchev–Trinajstić information content (AvgIpc) is 2.85. The molecule has 102 valence electrons. The third-order valence-corrected chi connectivity index (χ3v) is 4.08. The molecule has 3 rings (SSSR count). The number of nitrogens with one attached hydrogen (secondary N) is 1. The predicted molar refractivity (Wildman–Crippen MR) is 71.0 cm³/mol. The van der Waals surface area contributed by atoms with E-state index in [0.29, 0.717) is 18.7 Å². The maximum absolute atomic E-state index is 11.8. The van der Waals surface area contributed by atoms with Gasteiger partial charge in [0.2, 0.25) is 0 Å². The second-order valence-corrected chi connectivity index (χ2v) is 5.51. The van der Waals surface area contributed by atoms with Gasteiger partial charge in [-0.3, -0.25) is 4.79 Å². The highest BCUT2D eigenvalue weighted by Gasteiger charge is 2.30. The van der Waals surface area contributed by atoms with E-state index in [2.05, 4.69) is 5.32 Å². The summed E-state index contributed by atoms with van der Waals surface area (Å²) in [5.41, 5.74) is 2.59. The van der Waals surface area contributed by atoms with Crippen molar-refractivity contribution < 1.29 is 14.6 Å². The lowest BCUT2D eigenvalue weighted by atomic mass is 9.90. The van der Waals surface area contributed by atoms with Crippen molar-refractivity contribution in [2.75, 3.05) is 13.2 Å². The van der Waals surface area contributed by atoms with Crippen LogP contribution >= 0.6 is 0 Å². The van der Waals surface area contributed by atoms with E-state index in [1.165, 1.54) is 0 Å². The summed E-state index contributed by atoms with van der Waals surface area (Å²) in [6.07, 6.45) is 1.39. The van der Waals surface area contributed by atoms with Crippen LogP contribution in [0.1, 0.15) is 40.9 Å². The van der Waals surface area contributed by atoms with Crippen LogP contribution < -0.4 is 5.32 Å². The quantitative estimate of drug-likeness (QED) is 0.846. The maximum Gasteiger partial charge on any atom is 0.251 e. The minimum Gasteiger partial charge on any atom is -0.388 e. The van der Waals surface area contributed by atoms with E-state index in [4.69, 9.17) is 4.74 Å². The molecule has 4 nitrogen and oxygen atoms in total. The van der Waals surface area contributed by atoms with Crippen molar-refractivity contribution in [2.45, 2.75) is 32.0 Å². The van der Waals surface area contributed by atoms with Gasteiger partial charge in [-0.05, 0) is 37.0 Å². The van der Waals surface area contributed by atoms with Gasteiger partial charge in [-0.1, -0.05) is 12.1 Å². The fraction of sp³-hybridized carbons (Fsp3) is 0.533. The van der Waals surface area contributed by atoms with Crippen LogP contribution in [0.3, 0.4) is 0 Å². The lowest BCUT2D eigenvalue weighted by molar-refractivity contribution is 0.0803. The lowest BCUT2D eigenvalue weighted by Gasteiger charge is -2.21. The SMILES string of the molecule is CC1CC(C(O)c2ccc3c(c2)C(=O)NCC3)CO1. The molecule has 0 aromatic heterocycles. The molecule has 0 spiro atoms. The second-order valence-electron chi connectivity index (χ2n) is 5.51. The van der Waals surface area contributed by atoms with Gasteiger partial charge in [-0.15, -0.1) is 0 Å².